The molecule has 252 valence electrons. The topological polar surface area (TPSA) is 145 Å². The van der Waals surface area contributed by atoms with Gasteiger partial charge >= 0.3 is 0 Å². The van der Waals surface area contributed by atoms with Crippen LogP contribution in [0.1, 0.15) is 51.3 Å². The van der Waals surface area contributed by atoms with Crippen molar-refractivity contribution in [3.05, 3.63) is 122 Å². The SMILES string of the molecule is CCN1c2ccc(OC)cc2C(C)(C)C1C=c1c(=O)c(=CC2=[N+](Cc3cc([N+](=O)[O-])cc([N+](=O)[O-])c3)c3ccc(OC)cc3C2(C)C)c1=O. The highest BCUT2D eigenvalue weighted by Gasteiger charge is 2.46. The lowest BCUT2D eigenvalue weighted by molar-refractivity contribution is -0.454. The van der Waals surface area contributed by atoms with E-state index in [9.17, 15) is 29.8 Å². The third kappa shape index (κ3) is 5.27. The molecule has 6 rings (SSSR count). The number of fused-ring (bicyclic) bond motifs is 2. The molecule has 0 aromatic heterocycles. The number of hydrogen-bond donors (Lipinski definition) is 0. The Labute approximate surface area is 281 Å². The van der Waals surface area contributed by atoms with Gasteiger partial charge in [0.15, 0.2) is 12.3 Å². The number of likely N-dealkylation sites (N-methyl/N-ethyl adjacent to an activating group) is 1. The number of nitrogens with zero attached hydrogens (tertiary/aromatic N) is 4. The van der Waals surface area contributed by atoms with Gasteiger partial charge in [-0.3, -0.25) is 29.8 Å². The zero-order valence-corrected chi connectivity index (χ0v) is 28.4. The van der Waals surface area contributed by atoms with Crippen molar-refractivity contribution in [3.63, 3.8) is 0 Å². The van der Waals surface area contributed by atoms with Crippen molar-refractivity contribution in [3.8, 4) is 11.5 Å². The summed E-state index contributed by atoms with van der Waals surface area (Å²) in [6.45, 7) is 10.8. The Morgan fingerprint density at radius 2 is 1.41 bits per heavy atom. The second-order valence-corrected chi connectivity index (χ2v) is 13.5. The van der Waals surface area contributed by atoms with Crippen molar-refractivity contribution >= 4 is 40.6 Å². The van der Waals surface area contributed by atoms with Crippen LogP contribution in [0.3, 0.4) is 0 Å². The summed E-state index contributed by atoms with van der Waals surface area (Å²) in [6, 6.07) is 14.6. The first-order valence-electron chi connectivity index (χ1n) is 15.9. The molecular weight excluding hydrogens is 628 g/mol. The summed E-state index contributed by atoms with van der Waals surface area (Å²) in [6.07, 6.45) is 3.37. The Balaban J connectivity index is 1.51. The highest BCUT2D eigenvalue weighted by atomic mass is 16.6. The normalized spacial score (nSPS) is 17.1. The minimum absolute atomic E-state index is 0.0128. The van der Waals surface area contributed by atoms with E-state index in [-0.39, 0.29) is 33.9 Å². The third-order valence-corrected chi connectivity index (χ3v) is 10.0. The number of non-ortho nitro benzene ring substituents is 2. The fraction of sp³-hybridized carbons (Fsp3) is 0.324. The van der Waals surface area contributed by atoms with Crippen molar-refractivity contribution in [2.45, 2.75) is 58.0 Å². The summed E-state index contributed by atoms with van der Waals surface area (Å²) >= 11 is 0. The second kappa shape index (κ2) is 11.8. The van der Waals surface area contributed by atoms with Crippen LogP contribution in [0.5, 0.6) is 11.5 Å². The lowest BCUT2D eigenvalue weighted by Crippen LogP contribution is -2.66. The number of rotatable bonds is 9. The van der Waals surface area contributed by atoms with Gasteiger partial charge in [-0.1, -0.05) is 13.8 Å². The lowest BCUT2D eigenvalue weighted by Gasteiger charge is -2.31. The van der Waals surface area contributed by atoms with E-state index in [4.69, 9.17) is 9.47 Å². The summed E-state index contributed by atoms with van der Waals surface area (Å²) in [5.74, 6) is 1.34. The molecule has 4 aromatic rings. The molecule has 4 aromatic carbocycles. The van der Waals surface area contributed by atoms with Gasteiger partial charge in [-0.15, -0.1) is 0 Å². The Morgan fingerprint density at radius 3 is 1.96 bits per heavy atom. The molecule has 12 nitrogen and oxygen atoms in total. The maximum atomic E-state index is 13.8. The average Bonchev–Trinajstić information content (AvgIpc) is 3.42. The number of ether oxygens (including phenoxy) is 2. The molecule has 49 heavy (non-hydrogen) atoms. The maximum Gasteiger partial charge on any atom is 0.276 e. The number of nitro groups is 2. The Bertz CT molecular complexity index is 2230. The van der Waals surface area contributed by atoms with E-state index in [2.05, 4.69) is 18.7 Å². The largest absolute Gasteiger partial charge is 0.497 e. The summed E-state index contributed by atoms with van der Waals surface area (Å²) in [7, 11) is 3.17. The van der Waals surface area contributed by atoms with Crippen LogP contribution >= 0.6 is 0 Å². The van der Waals surface area contributed by atoms with Crippen LogP contribution in [-0.4, -0.2) is 46.9 Å². The molecule has 0 fully saturated rings. The average molecular weight is 666 g/mol. The molecule has 0 aliphatic carbocycles. The fourth-order valence-corrected chi connectivity index (χ4v) is 7.34. The summed E-state index contributed by atoms with van der Waals surface area (Å²) < 4.78 is 12.8. The van der Waals surface area contributed by atoms with Crippen molar-refractivity contribution < 1.29 is 23.9 Å². The van der Waals surface area contributed by atoms with E-state index >= 15 is 0 Å². The smallest absolute Gasteiger partial charge is 0.276 e. The van der Waals surface area contributed by atoms with Crippen LogP contribution < -0.4 is 35.7 Å². The third-order valence-electron chi connectivity index (χ3n) is 10.0. The van der Waals surface area contributed by atoms with Crippen LogP contribution in [0.15, 0.2) is 64.2 Å². The van der Waals surface area contributed by atoms with Gasteiger partial charge in [0.1, 0.15) is 11.5 Å². The zero-order valence-electron chi connectivity index (χ0n) is 28.4. The van der Waals surface area contributed by atoms with Gasteiger partial charge in [-0.25, -0.2) is 0 Å². The monoisotopic (exact) mass is 665 g/mol. The minimum Gasteiger partial charge on any atom is -0.497 e. The Morgan fingerprint density at radius 1 is 0.837 bits per heavy atom. The molecule has 0 N–H and O–H groups in total. The Hall–Kier alpha value is -5.65. The Kier molecular flexibility index (Phi) is 8.01. The highest BCUT2D eigenvalue weighted by molar-refractivity contribution is 6.15. The molecule has 2 aliphatic rings. The first-order valence-corrected chi connectivity index (χ1v) is 15.9. The van der Waals surface area contributed by atoms with Gasteiger partial charge < -0.3 is 14.4 Å². The maximum absolute atomic E-state index is 13.8. The van der Waals surface area contributed by atoms with Gasteiger partial charge in [0.2, 0.25) is 16.5 Å². The van der Waals surface area contributed by atoms with Crippen molar-refractivity contribution in [1.82, 2.24) is 0 Å². The van der Waals surface area contributed by atoms with E-state index in [1.165, 1.54) is 12.1 Å². The molecule has 2 heterocycles. The van der Waals surface area contributed by atoms with E-state index in [0.29, 0.717) is 23.6 Å². The first-order chi connectivity index (χ1) is 23.1. The number of anilines is 1. The highest BCUT2D eigenvalue weighted by Crippen LogP contribution is 2.47. The van der Waals surface area contributed by atoms with Crippen molar-refractivity contribution in [2.24, 2.45) is 0 Å². The van der Waals surface area contributed by atoms with Gasteiger partial charge in [0, 0.05) is 53.0 Å². The summed E-state index contributed by atoms with van der Waals surface area (Å²) in [5, 5.41) is 23.4. The summed E-state index contributed by atoms with van der Waals surface area (Å²) in [4.78, 5) is 51.8. The number of benzene rings is 3. The van der Waals surface area contributed by atoms with Gasteiger partial charge in [0.05, 0.1) is 52.0 Å². The van der Waals surface area contributed by atoms with Gasteiger partial charge in [0.25, 0.3) is 11.4 Å². The van der Waals surface area contributed by atoms with E-state index < -0.39 is 32.1 Å². The van der Waals surface area contributed by atoms with E-state index in [0.717, 1.165) is 34.3 Å². The predicted octanol–water partition coefficient (Wildman–Crippen LogP) is 4.14. The molecule has 0 saturated carbocycles. The molecule has 1 atom stereocenters. The van der Waals surface area contributed by atoms with Gasteiger partial charge in [-0.2, -0.15) is 4.58 Å². The molecule has 0 spiro atoms. The summed E-state index contributed by atoms with van der Waals surface area (Å²) in [5.41, 5.74) is 1.86. The number of nitro benzene ring substituents is 2. The molecule has 0 amide bonds. The van der Waals surface area contributed by atoms with Crippen molar-refractivity contribution in [2.75, 3.05) is 25.7 Å². The first kappa shape index (κ1) is 33.3. The fourth-order valence-electron chi connectivity index (χ4n) is 7.34. The van der Waals surface area contributed by atoms with Crippen LogP contribution in [0.2, 0.25) is 0 Å². The molecule has 12 heteroatoms. The van der Waals surface area contributed by atoms with E-state index in [1.807, 2.05) is 55.7 Å². The van der Waals surface area contributed by atoms with E-state index in [1.54, 1.807) is 32.4 Å². The van der Waals surface area contributed by atoms with Crippen LogP contribution in [0.25, 0.3) is 12.2 Å². The molecule has 0 saturated heterocycles. The molecule has 0 radical (unpaired) electrons. The molecule has 1 unspecified atom stereocenters. The second-order valence-electron chi connectivity index (χ2n) is 13.5. The minimum atomic E-state index is -0.739. The van der Waals surface area contributed by atoms with Crippen LogP contribution in [-0.2, 0) is 17.4 Å². The zero-order chi connectivity index (χ0) is 35.6. The number of hydrogen-bond acceptors (Lipinski definition) is 9. The van der Waals surface area contributed by atoms with Crippen LogP contribution in [0.4, 0.5) is 22.7 Å². The lowest BCUT2D eigenvalue weighted by atomic mass is 9.79. The predicted molar refractivity (Wildman–Crippen MR) is 187 cm³/mol. The van der Waals surface area contributed by atoms with Crippen molar-refractivity contribution in [1.29, 1.82) is 0 Å². The standard InChI is InChI=1S/C37H37N4O8/c1-8-38-30-11-9-24(48-6)16-28(30)36(2,3)32(38)18-26-34(42)27(35(26)43)19-33-37(4,5)29-17-25(49-7)10-12-31(29)39(33)20-21-13-22(40(44)45)15-23(14-21)41(46)47/h9-19,32H,8,20H2,1-7H3/q+1. The number of methoxy groups -OCH3 is 2. The quantitative estimate of drug-likeness (QED) is 0.146. The molecule has 2 aliphatic heterocycles. The molecule has 0 bridgehead atoms. The van der Waals surface area contributed by atoms with Crippen LogP contribution in [0, 0.1) is 20.2 Å². The van der Waals surface area contributed by atoms with Gasteiger partial charge in [-0.05, 0) is 62.7 Å². The molecular formula is C37H37N4O8+.